The Hall–Kier alpha value is -3.71. The number of hydrogen-bond donors (Lipinski definition) is 2. The molecule has 1 atom stereocenters. The van der Waals surface area contributed by atoms with Crippen molar-refractivity contribution in [3.63, 3.8) is 0 Å². The molecule has 6 nitrogen and oxygen atoms in total. The highest BCUT2D eigenvalue weighted by molar-refractivity contribution is 6.32. The first-order valence-electron chi connectivity index (χ1n) is 11.0. The SMILES string of the molecule is C=C1C=NN=C1C(O)(c1ccc(Cl)c(CCl)c1)c1ccc2nc(OC)cc(-c3cccc(O)c3)c2c1. The second kappa shape index (κ2) is 9.39. The van der Waals surface area contributed by atoms with E-state index in [4.69, 9.17) is 27.9 Å². The minimum atomic E-state index is -1.71. The van der Waals surface area contributed by atoms with E-state index in [0.29, 0.717) is 44.4 Å². The van der Waals surface area contributed by atoms with Gasteiger partial charge in [-0.15, -0.1) is 11.6 Å². The van der Waals surface area contributed by atoms with E-state index in [-0.39, 0.29) is 11.6 Å². The van der Waals surface area contributed by atoms with Crippen LogP contribution in [0.2, 0.25) is 5.02 Å². The zero-order valence-corrected chi connectivity index (χ0v) is 20.8. The minimum Gasteiger partial charge on any atom is -0.508 e. The van der Waals surface area contributed by atoms with E-state index in [1.54, 1.807) is 55.6 Å². The van der Waals surface area contributed by atoms with Crippen molar-refractivity contribution in [1.29, 1.82) is 0 Å². The normalized spacial score (nSPS) is 14.7. The van der Waals surface area contributed by atoms with E-state index in [1.807, 2.05) is 18.2 Å². The topological polar surface area (TPSA) is 87.3 Å². The number of phenolic OH excluding ortho intramolecular Hbond substituents is 1. The molecule has 3 aromatic carbocycles. The Bertz CT molecular complexity index is 1580. The number of halogens is 2. The number of alkyl halides is 1. The maximum absolute atomic E-state index is 12.4. The highest BCUT2D eigenvalue weighted by Crippen LogP contribution is 2.40. The lowest BCUT2D eigenvalue weighted by atomic mass is 9.79. The first-order valence-corrected chi connectivity index (χ1v) is 11.9. The molecule has 36 heavy (non-hydrogen) atoms. The molecule has 180 valence electrons. The number of nitrogens with zero attached hydrogens (tertiary/aromatic N) is 3. The molecule has 0 spiro atoms. The molecule has 0 saturated heterocycles. The fraction of sp³-hybridized carbons (Fsp3) is 0.107. The summed E-state index contributed by atoms with van der Waals surface area (Å²) >= 11 is 12.4. The van der Waals surface area contributed by atoms with E-state index in [9.17, 15) is 10.2 Å². The summed E-state index contributed by atoms with van der Waals surface area (Å²) in [7, 11) is 1.55. The Kier molecular flexibility index (Phi) is 6.26. The smallest absolute Gasteiger partial charge is 0.214 e. The molecule has 0 amide bonds. The minimum absolute atomic E-state index is 0.132. The van der Waals surface area contributed by atoms with Crippen molar-refractivity contribution in [2.24, 2.45) is 10.2 Å². The third kappa shape index (κ3) is 4.03. The van der Waals surface area contributed by atoms with Gasteiger partial charge in [-0.1, -0.05) is 42.4 Å². The van der Waals surface area contributed by atoms with Crippen LogP contribution in [-0.4, -0.2) is 34.2 Å². The predicted octanol–water partition coefficient (Wildman–Crippen LogP) is 6.24. The summed E-state index contributed by atoms with van der Waals surface area (Å²) < 4.78 is 5.42. The Morgan fingerprint density at radius 3 is 2.50 bits per heavy atom. The van der Waals surface area contributed by atoms with Crippen molar-refractivity contribution in [1.82, 2.24) is 4.98 Å². The van der Waals surface area contributed by atoms with Crippen LogP contribution >= 0.6 is 23.2 Å². The number of benzene rings is 3. The predicted molar refractivity (Wildman–Crippen MR) is 144 cm³/mol. The van der Waals surface area contributed by atoms with Crippen LogP contribution in [0.4, 0.5) is 0 Å². The summed E-state index contributed by atoms with van der Waals surface area (Å²) in [6.45, 7) is 4.02. The molecule has 0 aliphatic carbocycles. The van der Waals surface area contributed by atoms with E-state index in [2.05, 4.69) is 21.8 Å². The van der Waals surface area contributed by atoms with Crippen molar-refractivity contribution in [2.45, 2.75) is 11.5 Å². The van der Waals surface area contributed by atoms with Crippen LogP contribution in [0.1, 0.15) is 16.7 Å². The number of hydrogen-bond acceptors (Lipinski definition) is 6. The lowest BCUT2D eigenvalue weighted by molar-refractivity contribution is 0.156. The van der Waals surface area contributed by atoms with Gasteiger partial charge in [-0.25, -0.2) is 4.98 Å². The van der Waals surface area contributed by atoms with Gasteiger partial charge in [0.1, 0.15) is 11.5 Å². The van der Waals surface area contributed by atoms with Gasteiger partial charge in [0, 0.05) is 27.9 Å². The number of methoxy groups -OCH3 is 1. The number of aromatic hydroxyl groups is 1. The largest absolute Gasteiger partial charge is 0.508 e. The van der Waals surface area contributed by atoms with Gasteiger partial charge in [0.25, 0.3) is 0 Å². The molecule has 4 aromatic rings. The second-order valence-corrected chi connectivity index (χ2v) is 9.04. The maximum atomic E-state index is 12.4. The molecule has 8 heteroatoms. The number of aromatic nitrogens is 1. The quantitative estimate of drug-likeness (QED) is 0.296. The fourth-order valence-corrected chi connectivity index (χ4v) is 4.85. The van der Waals surface area contributed by atoms with Gasteiger partial charge >= 0.3 is 0 Å². The standard InChI is InChI=1S/C28H21Cl2N3O3/c1-16-15-31-33-27(16)28(35,19-6-8-24(30)18(10-19)14-29)20-7-9-25-23(12-20)22(13-26(32-25)36-2)17-4-3-5-21(34)11-17/h3-13,15,34-35H,1,14H2,2H3. The molecule has 1 aliphatic heterocycles. The van der Waals surface area contributed by atoms with Crippen LogP contribution in [0.15, 0.2) is 89.1 Å². The molecule has 0 radical (unpaired) electrons. The van der Waals surface area contributed by atoms with Crippen molar-refractivity contribution in [2.75, 3.05) is 7.11 Å². The average molecular weight is 518 g/mol. The maximum Gasteiger partial charge on any atom is 0.214 e. The summed E-state index contributed by atoms with van der Waals surface area (Å²) in [5, 5.41) is 31.9. The Morgan fingerprint density at radius 1 is 1.03 bits per heavy atom. The first-order chi connectivity index (χ1) is 17.3. The van der Waals surface area contributed by atoms with Gasteiger partial charge in [0.2, 0.25) is 5.88 Å². The van der Waals surface area contributed by atoms with Crippen molar-refractivity contribution in [3.05, 3.63) is 101 Å². The molecule has 0 bridgehead atoms. The third-order valence-electron chi connectivity index (χ3n) is 6.19. The van der Waals surface area contributed by atoms with E-state index in [1.165, 1.54) is 6.21 Å². The average Bonchev–Trinajstić information content (AvgIpc) is 3.33. The highest BCUT2D eigenvalue weighted by Gasteiger charge is 2.40. The number of fused-ring (bicyclic) bond motifs is 1. The Labute approximate surface area is 217 Å². The zero-order chi connectivity index (χ0) is 25.4. The van der Waals surface area contributed by atoms with Crippen LogP contribution in [0.3, 0.4) is 0 Å². The number of aliphatic hydroxyl groups is 1. The Morgan fingerprint density at radius 2 is 1.81 bits per heavy atom. The summed E-state index contributed by atoms with van der Waals surface area (Å²) in [5.74, 6) is 0.735. The molecule has 1 aromatic heterocycles. The van der Waals surface area contributed by atoms with Crippen LogP contribution in [0.5, 0.6) is 11.6 Å². The number of phenols is 1. The first kappa shape index (κ1) is 24.0. The van der Waals surface area contributed by atoms with Crippen molar-refractivity contribution in [3.8, 4) is 22.8 Å². The number of pyridine rings is 1. The van der Waals surface area contributed by atoms with E-state index >= 15 is 0 Å². The number of ether oxygens (including phenoxy) is 1. The van der Waals surface area contributed by atoms with Gasteiger partial charge in [0.15, 0.2) is 5.60 Å². The van der Waals surface area contributed by atoms with Gasteiger partial charge in [-0.2, -0.15) is 10.2 Å². The van der Waals surface area contributed by atoms with Crippen LogP contribution in [0, 0.1) is 0 Å². The summed E-state index contributed by atoms with van der Waals surface area (Å²) in [6.07, 6.45) is 1.50. The van der Waals surface area contributed by atoms with Gasteiger partial charge in [-0.05, 0) is 64.2 Å². The lowest BCUT2D eigenvalue weighted by Crippen LogP contribution is -2.37. The molecule has 1 aliphatic rings. The molecular formula is C28H21Cl2N3O3. The van der Waals surface area contributed by atoms with Crippen LogP contribution in [0.25, 0.3) is 22.0 Å². The summed E-state index contributed by atoms with van der Waals surface area (Å²) in [4.78, 5) is 4.58. The molecule has 0 fully saturated rings. The van der Waals surface area contributed by atoms with E-state index in [0.717, 1.165) is 16.5 Å². The van der Waals surface area contributed by atoms with Crippen molar-refractivity contribution < 1.29 is 14.9 Å². The second-order valence-electron chi connectivity index (χ2n) is 8.36. The monoisotopic (exact) mass is 517 g/mol. The lowest BCUT2D eigenvalue weighted by Gasteiger charge is -2.30. The van der Waals surface area contributed by atoms with E-state index < -0.39 is 5.60 Å². The molecule has 1 unspecified atom stereocenters. The highest BCUT2D eigenvalue weighted by atomic mass is 35.5. The molecular weight excluding hydrogens is 497 g/mol. The molecule has 5 rings (SSSR count). The van der Waals surface area contributed by atoms with Gasteiger partial charge in [-0.3, -0.25) is 0 Å². The molecule has 2 heterocycles. The van der Waals surface area contributed by atoms with Gasteiger partial charge < -0.3 is 14.9 Å². The Balaban J connectivity index is 1.79. The van der Waals surface area contributed by atoms with Crippen LogP contribution < -0.4 is 4.74 Å². The van der Waals surface area contributed by atoms with Gasteiger partial charge in [0.05, 0.1) is 18.8 Å². The van der Waals surface area contributed by atoms with Crippen molar-refractivity contribution >= 4 is 46.0 Å². The zero-order valence-electron chi connectivity index (χ0n) is 19.2. The molecule has 2 N–H and O–H groups in total. The summed E-state index contributed by atoms with van der Waals surface area (Å²) in [5.41, 5.74) is 2.99. The summed E-state index contributed by atoms with van der Waals surface area (Å²) in [6, 6.07) is 19.3. The fourth-order valence-electron chi connectivity index (χ4n) is 4.37. The molecule has 0 saturated carbocycles. The third-order valence-corrected chi connectivity index (χ3v) is 6.85. The number of rotatable bonds is 6. The van der Waals surface area contributed by atoms with Crippen LogP contribution in [-0.2, 0) is 11.5 Å².